The van der Waals surface area contributed by atoms with Crippen LogP contribution in [-0.4, -0.2) is 32.6 Å². The normalized spacial score (nSPS) is 14.8. The fourth-order valence-corrected chi connectivity index (χ4v) is 1.81. The Balaban J connectivity index is 4.60. The maximum Gasteiger partial charge on any atom is 0.303 e. The summed E-state index contributed by atoms with van der Waals surface area (Å²) >= 11 is 3.21. The second-order valence-electron chi connectivity index (χ2n) is 3.18. The molecule has 0 amide bonds. The van der Waals surface area contributed by atoms with E-state index >= 15 is 0 Å². The topological polar surface area (TPSA) is 44.8 Å². The van der Waals surface area contributed by atoms with Crippen molar-refractivity contribution in [2.45, 2.75) is 26.2 Å². The lowest BCUT2D eigenvalue weighted by atomic mass is 10.0. The van der Waals surface area contributed by atoms with Crippen molar-refractivity contribution in [1.82, 2.24) is 0 Å². The molecule has 0 aromatic carbocycles. The van der Waals surface area contributed by atoms with Crippen molar-refractivity contribution < 1.29 is 19.0 Å². The summed E-state index contributed by atoms with van der Waals surface area (Å²) in [6.07, 6.45) is -0.906. The molecule has 0 radical (unpaired) electrons. The number of esters is 1. The first-order valence-electron chi connectivity index (χ1n) is 4.51. The van der Waals surface area contributed by atoms with Crippen LogP contribution in [-0.2, 0) is 19.0 Å². The molecule has 0 fully saturated rings. The lowest BCUT2D eigenvalue weighted by Crippen LogP contribution is -2.35. The summed E-state index contributed by atoms with van der Waals surface area (Å²) in [5.41, 5.74) is 0. The number of hydrogen-bond donors (Lipinski definition) is 0. The first kappa shape index (κ1) is 14.6. The van der Waals surface area contributed by atoms with Crippen LogP contribution in [0.25, 0.3) is 0 Å². The third-order valence-corrected chi connectivity index (χ3v) is 2.42. The molecule has 0 saturated carbocycles. The monoisotopic (exact) mass is 280 g/mol. The Bertz CT molecular complexity index is 225. The van der Waals surface area contributed by atoms with Crippen LogP contribution in [0.15, 0.2) is 11.1 Å². The zero-order valence-electron chi connectivity index (χ0n) is 9.45. The van der Waals surface area contributed by atoms with Gasteiger partial charge in [0.1, 0.15) is 6.10 Å². The molecule has 0 heterocycles. The molecule has 0 spiro atoms. The average molecular weight is 281 g/mol. The summed E-state index contributed by atoms with van der Waals surface area (Å²) in [5.74, 6) is -0.505. The van der Waals surface area contributed by atoms with Gasteiger partial charge in [-0.15, -0.1) is 0 Å². The number of methoxy groups -OCH3 is 2. The lowest BCUT2D eigenvalue weighted by molar-refractivity contribution is -0.169. The van der Waals surface area contributed by atoms with Crippen molar-refractivity contribution >= 4 is 21.9 Å². The van der Waals surface area contributed by atoms with Gasteiger partial charge in [0.05, 0.1) is 0 Å². The van der Waals surface area contributed by atoms with E-state index in [1.165, 1.54) is 21.1 Å². The van der Waals surface area contributed by atoms with E-state index in [9.17, 15) is 4.79 Å². The molecule has 88 valence electrons. The van der Waals surface area contributed by atoms with Crippen LogP contribution in [0.2, 0.25) is 0 Å². The van der Waals surface area contributed by atoms with Crippen molar-refractivity contribution in [2.24, 2.45) is 5.92 Å². The minimum Gasteiger partial charge on any atom is -0.457 e. The molecule has 5 heteroatoms. The maximum absolute atomic E-state index is 10.9. The summed E-state index contributed by atoms with van der Waals surface area (Å²) in [5, 5.41) is 0. The van der Waals surface area contributed by atoms with Gasteiger partial charge in [-0.05, 0) is 0 Å². The zero-order chi connectivity index (χ0) is 12.0. The van der Waals surface area contributed by atoms with Gasteiger partial charge in [0.25, 0.3) is 0 Å². The molecule has 0 aliphatic heterocycles. The van der Waals surface area contributed by atoms with E-state index in [0.29, 0.717) is 4.48 Å². The Labute approximate surface area is 98.7 Å². The van der Waals surface area contributed by atoms with Crippen LogP contribution in [0.4, 0.5) is 0 Å². The first-order valence-corrected chi connectivity index (χ1v) is 5.30. The van der Waals surface area contributed by atoms with Crippen molar-refractivity contribution in [1.29, 1.82) is 0 Å². The van der Waals surface area contributed by atoms with Gasteiger partial charge in [-0.1, -0.05) is 29.4 Å². The molecule has 0 unspecified atom stereocenters. The molecule has 0 N–H and O–H groups in total. The smallest absolute Gasteiger partial charge is 0.303 e. The third kappa shape index (κ3) is 4.77. The largest absolute Gasteiger partial charge is 0.457 e. The summed E-state index contributed by atoms with van der Waals surface area (Å²) in [4.78, 5) is 10.9. The summed E-state index contributed by atoms with van der Waals surface area (Å²) in [6, 6.07) is 0. The zero-order valence-corrected chi connectivity index (χ0v) is 11.0. The number of carbonyl (C=O) groups excluding carboxylic acids is 1. The van der Waals surface area contributed by atoms with E-state index in [0.717, 1.165) is 0 Å². The standard InChI is InChI=1S/C10H17BrO4/c1-6(10(13-4)14-5)9(7(2)11)15-8(3)12/h6,9-10H,2H2,1,3-5H3/t6-,9+/m0/s1. The first-order chi connectivity index (χ1) is 6.93. The quantitative estimate of drug-likeness (QED) is 0.552. The highest BCUT2D eigenvalue weighted by molar-refractivity contribution is 9.11. The Kier molecular flexibility index (Phi) is 6.80. The molecule has 0 rings (SSSR count). The number of carbonyl (C=O) groups is 1. The molecule has 2 atom stereocenters. The number of ether oxygens (including phenoxy) is 3. The van der Waals surface area contributed by atoms with Crippen LogP contribution < -0.4 is 0 Å². The molecule has 0 aliphatic carbocycles. The Hall–Kier alpha value is -0.390. The van der Waals surface area contributed by atoms with Crippen LogP contribution in [0, 0.1) is 5.92 Å². The van der Waals surface area contributed by atoms with Crippen molar-refractivity contribution in [3.63, 3.8) is 0 Å². The van der Waals surface area contributed by atoms with E-state index in [-0.39, 0.29) is 11.9 Å². The lowest BCUT2D eigenvalue weighted by Gasteiger charge is -2.28. The second-order valence-corrected chi connectivity index (χ2v) is 4.19. The maximum atomic E-state index is 10.9. The van der Waals surface area contributed by atoms with Crippen molar-refractivity contribution in [3.8, 4) is 0 Å². The number of halogens is 1. The minimum atomic E-state index is -0.465. The molecule has 0 saturated heterocycles. The van der Waals surface area contributed by atoms with Gasteiger partial charge in [-0.25, -0.2) is 0 Å². The van der Waals surface area contributed by atoms with Crippen LogP contribution in [0.1, 0.15) is 13.8 Å². The van der Waals surface area contributed by atoms with E-state index in [4.69, 9.17) is 14.2 Å². The van der Waals surface area contributed by atoms with Gasteiger partial charge in [0, 0.05) is 31.5 Å². The predicted octanol–water partition coefficient (Wildman–Crippen LogP) is 2.08. The van der Waals surface area contributed by atoms with Gasteiger partial charge < -0.3 is 14.2 Å². The fourth-order valence-electron chi connectivity index (χ4n) is 1.30. The molecular weight excluding hydrogens is 264 g/mol. The van der Waals surface area contributed by atoms with Gasteiger partial charge >= 0.3 is 5.97 Å². The average Bonchev–Trinajstić information content (AvgIpc) is 2.15. The van der Waals surface area contributed by atoms with Gasteiger partial charge in [0.15, 0.2) is 6.29 Å². The van der Waals surface area contributed by atoms with Crippen molar-refractivity contribution in [3.05, 3.63) is 11.1 Å². The summed E-state index contributed by atoms with van der Waals surface area (Å²) < 4.78 is 15.9. The van der Waals surface area contributed by atoms with E-state index in [1.807, 2.05) is 6.92 Å². The Morgan fingerprint density at radius 3 is 2.07 bits per heavy atom. The molecule has 0 aliphatic rings. The molecule has 4 nitrogen and oxygen atoms in total. The second kappa shape index (κ2) is 6.98. The highest BCUT2D eigenvalue weighted by Gasteiger charge is 2.29. The molecule has 15 heavy (non-hydrogen) atoms. The third-order valence-electron chi connectivity index (χ3n) is 1.97. The summed E-state index contributed by atoms with van der Waals surface area (Å²) in [6.45, 7) is 6.92. The predicted molar refractivity (Wildman–Crippen MR) is 60.6 cm³/mol. The van der Waals surface area contributed by atoms with E-state index in [1.54, 1.807) is 0 Å². The highest BCUT2D eigenvalue weighted by Crippen LogP contribution is 2.24. The van der Waals surface area contributed by atoms with Gasteiger partial charge in [-0.2, -0.15) is 0 Å². The van der Waals surface area contributed by atoms with Crippen molar-refractivity contribution in [2.75, 3.05) is 14.2 Å². The Morgan fingerprint density at radius 2 is 1.80 bits per heavy atom. The summed E-state index contributed by atoms with van der Waals surface area (Å²) in [7, 11) is 3.07. The molecular formula is C10H17BrO4. The van der Waals surface area contributed by atoms with Crippen LogP contribution >= 0.6 is 15.9 Å². The van der Waals surface area contributed by atoms with Gasteiger partial charge in [0.2, 0.25) is 0 Å². The molecule has 0 bridgehead atoms. The fraction of sp³-hybridized carbons (Fsp3) is 0.700. The van der Waals surface area contributed by atoms with E-state index in [2.05, 4.69) is 22.5 Å². The number of hydrogen-bond acceptors (Lipinski definition) is 4. The van der Waals surface area contributed by atoms with Crippen LogP contribution in [0.5, 0.6) is 0 Å². The number of rotatable bonds is 6. The highest BCUT2D eigenvalue weighted by atomic mass is 79.9. The van der Waals surface area contributed by atoms with E-state index < -0.39 is 12.4 Å². The van der Waals surface area contributed by atoms with Gasteiger partial charge in [-0.3, -0.25) is 4.79 Å². The minimum absolute atomic E-state index is 0.143. The SMILES string of the molecule is C=C(Br)[C@H](OC(C)=O)[C@H](C)C(OC)OC. The van der Waals surface area contributed by atoms with Crippen LogP contribution in [0.3, 0.4) is 0 Å². The molecule has 0 aromatic heterocycles. The Morgan fingerprint density at radius 1 is 1.33 bits per heavy atom. The molecule has 0 aromatic rings.